The summed E-state index contributed by atoms with van der Waals surface area (Å²) in [6.45, 7) is 1.41. The number of thioether (sulfide) groups is 1. The number of hydrogen-bond donors (Lipinski definition) is 2. The highest BCUT2D eigenvalue weighted by Gasteiger charge is 2.33. The van der Waals surface area contributed by atoms with Crippen LogP contribution in [0, 0.1) is 0 Å². The Hall–Kier alpha value is -1.70. The van der Waals surface area contributed by atoms with Crippen LogP contribution >= 0.6 is 11.8 Å². The number of nitrogens with two attached hydrogens (primary N) is 1. The fourth-order valence-electron chi connectivity index (χ4n) is 2.80. The topological polar surface area (TPSA) is 93.2 Å². The highest BCUT2D eigenvalue weighted by molar-refractivity contribution is 7.98. The lowest BCUT2D eigenvalue weighted by molar-refractivity contribution is -0.134. The molecule has 3 amide bonds. The second-order valence-corrected chi connectivity index (χ2v) is 6.38. The van der Waals surface area contributed by atoms with E-state index in [1.165, 1.54) is 0 Å². The maximum Gasteiger partial charge on any atom is 0.312 e. The lowest BCUT2D eigenvalue weighted by atomic mass is 10.1. The van der Waals surface area contributed by atoms with E-state index in [-0.39, 0.29) is 11.9 Å². The van der Waals surface area contributed by atoms with E-state index in [4.69, 9.17) is 5.73 Å². The molecular weight excluding hydrogens is 302 g/mol. The molecule has 122 valence electrons. The Morgan fingerprint density at radius 3 is 3.00 bits per heavy atom. The van der Waals surface area contributed by atoms with Gasteiger partial charge in [0.2, 0.25) is 5.91 Å². The van der Waals surface area contributed by atoms with Crippen molar-refractivity contribution < 1.29 is 9.59 Å². The Morgan fingerprint density at radius 1 is 1.55 bits per heavy atom. The molecule has 0 saturated carbocycles. The van der Waals surface area contributed by atoms with Gasteiger partial charge in [-0.25, -0.2) is 4.79 Å². The molecule has 8 heteroatoms. The minimum atomic E-state index is -0.651. The van der Waals surface area contributed by atoms with E-state index in [9.17, 15) is 9.59 Å². The first kappa shape index (κ1) is 16.7. The Morgan fingerprint density at radius 2 is 2.36 bits per heavy atom. The van der Waals surface area contributed by atoms with E-state index in [0.717, 1.165) is 25.1 Å². The van der Waals surface area contributed by atoms with Gasteiger partial charge in [-0.2, -0.15) is 16.9 Å². The van der Waals surface area contributed by atoms with Crippen LogP contribution in [-0.2, 0) is 11.3 Å². The molecule has 7 nitrogen and oxygen atoms in total. The quantitative estimate of drug-likeness (QED) is 0.770. The lowest BCUT2D eigenvalue weighted by Gasteiger charge is -2.29. The third-order valence-corrected chi connectivity index (χ3v) is 4.49. The first-order valence-corrected chi connectivity index (χ1v) is 8.84. The summed E-state index contributed by atoms with van der Waals surface area (Å²) in [4.78, 5) is 25.8. The molecule has 1 aliphatic rings. The van der Waals surface area contributed by atoms with Gasteiger partial charge in [0.15, 0.2) is 0 Å². The molecule has 0 aromatic carbocycles. The third kappa shape index (κ3) is 4.40. The number of likely N-dealkylation sites (tertiary alicyclic amines) is 1. The van der Waals surface area contributed by atoms with Crippen LogP contribution in [0.4, 0.5) is 4.79 Å². The Bertz CT molecular complexity index is 493. The Balaban J connectivity index is 2.01. The number of carbonyl (C=O) groups excluding carboxylic acids is 2. The number of nitrogens with zero attached hydrogens (tertiary/aromatic N) is 3. The summed E-state index contributed by atoms with van der Waals surface area (Å²) in [5.74, 6) is 0.761. The molecule has 2 heterocycles. The van der Waals surface area contributed by atoms with Crippen molar-refractivity contribution in [3.8, 4) is 0 Å². The lowest BCUT2D eigenvalue weighted by Crippen LogP contribution is -2.52. The third-order valence-electron chi connectivity index (χ3n) is 3.84. The molecule has 1 aromatic rings. The molecule has 0 bridgehead atoms. The summed E-state index contributed by atoms with van der Waals surface area (Å²) >= 11 is 1.64. The second kappa shape index (κ2) is 8.07. The number of hydrogen-bond acceptors (Lipinski definition) is 4. The molecular formula is C14H23N5O2S. The van der Waals surface area contributed by atoms with Crippen molar-refractivity contribution in [2.75, 3.05) is 18.6 Å². The Kier molecular flexibility index (Phi) is 6.11. The SMILES string of the molecule is CSCC[C@@H](NC(N)=O)C(=O)N1CCC[C@H]1Cn1cccn1. The van der Waals surface area contributed by atoms with Crippen LogP contribution in [0.1, 0.15) is 19.3 Å². The standard InChI is InChI=1S/C14H23N5O2S/c1-22-9-5-12(17-14(15)21)13(20)19-8-2-4-11(19)10-18-7-3-6-16-18/h3,6-7,11-12H,2,4-5,8-10H2,1H3,(H3,15,17,21)/t11-,12+/m0/s1. The molecule has 1 saturated heterocycles. The van der Waals surface area contributed by atoms with Crippen molar-refractivity contribution in [2.45, 2.75) is 37.9 Å². The fourth-order valence-corrected chi connectivity index (χ4v) is 3.28. The summed E-state index contributed by atoms with van der Waals surface area (Å²) < 4.78 is 1.84. The number of carbonyl (C=O) groups is 2. The largest absolute Gasteiger partial charge is 0.352 e. The minimum Gasteiger partial charge on any atom is -0.352 e. The van der Waals surface area contributed by atoms with Crippen molar-refractivity contribution in [1.29, 1.82) is 0 Å². The van der Waals surface area contributed by atoms with E-state index in [1.807, 2.05) is 28.1 Å². The van der Waals surface area contributed by atoms with Crippen LogP contribution in [0.3, 0.4) is 0 Å². The summed E-state index contributed by atoms with van der Waals surface area (Å²) in [5, 5.41) is 6.78. The van der Waals surface area contributed by atoms with E-state index >= 15 is 0 Å². The van der Waals surface area contributed by atoms with Gasteiger partial charge in [0.1, 0.15) is 6.04 Å². The zero-order chi connectivity index (χ0) is 15.9. The van der Waals surface area contributed by atoms with Gasteiger partial charge in [-0.1, -0.05) is 0 Å². The van der Waals surface area contributed by atoms with Gasteiger partial charge in [-0.3, -0.25) is 9.48 Å². The molecule has 0 aliphatic carbocycles. The maximum atomic E-state index is 12.7. The van der Waals surface area contributed by atoms with Gasteiger partial charge in [0.25, 0.3) is 0 Å². The molecule has 22 heavy (non-hydrogen) atoms. The highest BCUT2D eigenvalue weighted by atomic mass is 32.2. The number of rotatable bonds is 7. The van der Waals surface area contributed by atoms with E-state index in [0.29, 0.717) is 13.0 Å². The van der Waals surface area contributed by atoms with Crippen molar-refractivity contribution in [3.05, 3.63) is 18.5 Å². The smallest absolute Gasteiger partial charge is 0.312 e. The highest BCUT2D eigenvalue weighted by Crippen LogP contribution is 2.20. The summed E-state index contributed by atoms with van der Waals surface area (Å²) in [6.07, 6.45) is 8.13. The predicted octanol–water partition coefficient (Wildman–Crippen LogP) is 0.664. The van der Waals surface area contributed by atoms with E-state index < -0.39 is 12.1 Å². The number of aromatic nitrogens is 2. The Labute approximate surface area is 134 Å². The number of urea groups is 1. The molecule has 0 radical (unpaired) electrons. The monoisotopic (exact) mass is 325 g/mol. The molecule has 1 aliphatic heterocycles. The zero-order valence-corrected chi connectivity index (χ0v) is 13.6. The van der Waals surface area contributed by atoms with Gasteiger partial charge in [-0.05, 0) is 37.3 Å². The molecule has 0 spiro atoms. The molecule has 2 atom stereocenters. The van der Waals surface area contributed by atoms with Crippen molar-refractivity contribution in [2.24, 2.45) is 5.73 Å². The van der Waals surface area contributed by atoms with Crippen LogP contribution in [0.5, 0.6) is 0 Å². The van der Waals surface area contributed by atoms with Crippen molar-refractivity contribution >= 4 is 23.7 Å². The van der Waals surface area contributed by atoms with Crippen LogP contribution in [0.25, 0.3) is 0 Å². The first-order valence-electron chi connectivity index (χ1n) is 7.44. The van der Waals surface area contributed by atoms with Crippen LogP contribution in [0.2, 0.25) is 0 Å². The summed E-state index contributed by atoms with van der Waals surface area (Å²) in [7, 11) is 0. The van der Waals surface area contributed by atoms with Gasteiger partial charge in [0, 0.05) is 18.9 Å². The summed E-state index contributed by atoms with van der Waals surface area (Å²) in [5.41, 5.74) is 5.20. The molecule has 1 aromatic heterocycles. The van der Waals surface area contributed by atoms with Crippen LogP contribution in [0.15, 0.2) is 18.5 Å². The maximum absolute atomic E-state index is 12.7. The second-order valence-electron chi connectivity index (χ2n) is 5.40. The minimum absolute atomic E-state index is 0.0393. The van der Waals surface area contributed by atoms with Crippen LogP contribution in [-0.4, -0.2) is 57.3 Å². The molecule has 1 fully saturated rings. The van der Waals surface area contributed by atoms with Crippen LogP contribution < -0.4 is 11.1 Å². The van der Waals surface area contributed by atoms with Gasteiger partial charge < -0.3 is 16.0 Å². The van der Waals surface area contributed by atoms with E-state index in [1.54, 1.807) is 18.0 Å². The zero-order valence-electron chi connectivity index (χ0n) is 12.8. The number of nitrogens with one attached hydrogen (secondary N) is 1. The van der Waals surface area contributed by atoms with Gasteiger partial charge in [-0.15, -0.1) is 0 Å². The van der Waals surface area contributed by atoms with Gasteiger partial charge >= 0.3 is 6.03 Å². The average molecular weight is 325 g/mol. The first-order chi connectivity index (χ1) is 10.6. The molecule has 3 N–H and O–H groups in total. The average Bonchev–Trinajstić information content (AvgIpc) is 3.14. The summed E-state index contributed by atoms with van der Waals surface area (Å²) in [6, 6.07) is 0.807. The van der Waals surface area contributed by atoms with Crippen molar-refractivity contribution in [1.82, 2.24) is 20.0 Å². The van der Waals surface area contributed by atoms with Gasteiger partial charge in [0.05, 0.1) is 12.6 Å². The predicted molar refractivity (Wildman–Crippen MR) is 86.5 cm³/mol. The molecule has 2 rings (SSSR count). The number of amides is 3. The number of primary amides is 1. The normalized spacial score (nSPS) is 19.1. The van der Waals surface area contributed by atoms with E-state index in [2.05, 4.69) is 10.4 Å². The van der Waals surface area contributed by atoms with Crippen molar-refractivity contribution in [3.63, 3.8) is 0 Å². The molecule has 0 unspecified atom stereocenters. The fraction of sp³-hybridized carbons (Fsp3) is 0.643.